The van der Waals surface area contributed by atoms with Crippen LogP contribution in [0.15, 0.2) is 34.1 Å². The van der Waals surface area contributed by atoms with E-state index in [1.54, 1.807) is 45.4 Å². The summed E-state index contributed by atoms with van der Waals surface area (Å²) in [6.07, 6.45) is 0. The third kappa shape index (κ3) is 5.06. The van der Waals surface area contributed by atoms with E-state index in [-0.39, 0.29) is 18.4 Å². The third-order valence-electron chi connectivity index (χ3n) is 3.41. The van der Waals surface area contributed by atoms with Crippen LogP contribution in [0, 0.1) is 0 Å². The topological polar surface area (TPSA) is 69.7 Å². The molecular weight excluding hydrogens is 442 g/mol. The predicted molar refractivity (Wildman–Crippen MR) is 107 cm³/mol. The Morgan fingerprint density at radius 2 is 1.81 bits per heavy atom. The zero-order valence-electron chi connectivity index (χ0n) is 14.4. The molecule has 0 saturated heterocycles. The van der Waals surface area contributed by atoms with Crippen molar-refractivity contribution < 1.29 is 14.4 Å². The summed E-state index contributed by atoms with van der Waals surface area (Å²) >= 11 is 10.7. The van der Waals surface area contributed by atoms with Gasteiger partial charge in [-0.15, -0.1) is 11.3 Å². The normalized spacial score (nSPS) is 10.3. The van der Waals surface area contributed by atoms with E-state index < -0.39 is 5.91 Å². The molecule has 0 fully saturated rings. The molecule has 0 aliphatic heterocycles. The summed E-state index contributed by atoms with van der Waals surface area (Å²) in [5.41, 5.74) is 0.728. The van der Waals surface area contributed by atoms with Gasteiger partial charge >= 0.3 is 0 Å². The Morgan fingerprint density at radius 3 is 2.38 bits per heavy atom. The largest absolute Gasteiger partial charge is 0.345 e. The van der Waals surface area contributed by atoms with Crippen LogP contribution >= 0.6 is 38.9 Å². The highest BCUT2D eigenvalue weighted by Crippen LogP contribution is 2.24. The lowest BCUT2D eigenvalue weighted by molar-refractivity contribution is -0.116. The summed E-state index contributed by atoms with van der Waals surface area (Å²) < 4.78 is 0.841. The van der Waals surface area contributed by atoms with Crippen molar-refractivity contribution in [1.29, 1.82) is 0 Å². The van der Waals surface area contributed by atoms with Crippen LogP contribution in [0.3, 0.4) is 0 Å². The lowest BCUT2D eigenvalue weighted by atomic mass is 10.1. The van der Waals surface area contributed by atoms with Crippen LogP contribution in [0.25, 0.3) is 0 Å². The van der Waals surface area contributed by atoms with Gasteiger partial charge in [-0.3, -0.25) is 14.4 Å². The monoisotopic (exact) mass is 457 g/mol. The summed E-state index contributed by atoms with van der Waals surface area (Å²) in [7, 11) is 4.82. The van der Waals surface area contributed by atoms with Crippen LogP contribution in [0.5, 0.6) is 0 Å². The molecule has 0 unspecified atom stereocenters. The molecule has 0 aliphatic carbocycles. The third-order valence-corrected chi connectivity index (χ3v) is 5.35. The summed E-state index contributed by atoms with van der Waals surface area (Å²) in [4.78, 5) is 39.9. The fourth-order valence-corrected chi connectivity index (χ4v) is 3.65. The zero-order chi connectivity index (χ0) is 19.4. The number of benzene rings is 1. The lowest BCUT2D eigenvalue weighted by Crippen LogP contribution is -2.34. The average molecular weight is 459 g/mol. The summed E-state index contributed by atoms with van der Waals surface area (Å²) in [5.74, 6) is -0.862. The Morgan fingerprint density at radius 1 is 1.12 bits per heavy atom. The highest BCUT2D eigenvalue weighted by atomic mass is 79.9. The van der Waals surface area contributed by atoms with Crippen molar-refractivity contribution in [3.8, 4) is 0 Å². The molecule has 0 aliphatic rings. The van der Waals surface area contributed by atoms with Crippen LogP contribution in [0.2, 0.25) is 5.02 Å². The van der Waals surface area contributed by atoms with E-state index in [1.165, 1.54) is 27.2 Å². The Labute approximate surface area is 168 Å². The first-order valence-electron chi connectivity index (χ1n) is 7.51. The highest BCUT2D eigenvalue weighted by Gasteiger charge is 2.18. The number of carbonyl (C=O) groups is 3. The minimum atomic E-state index is -0.409. The van der Waals surface area contributed by atoms with Gasteiger partial charge in [0.25, 0.3) is 11.8 Å². The summed E-state index contributed by atoms with van der Waals surface area (Å²) in [5, 5.41) is 2.96. The van der Waals surface area contributed by atoms with E-state index >= 15 is 0 Å². The van der Waals surface area contributed by atoms with Gasteiger partial charge in [0.1, 0.15) is 0 Å². The first kappa shape index (κ1) is 20.4. The van der Waals surface area contributed by atoms with E-state index in [0.717, 1.165) is 3.79 Å². The minimum absolute atomic E-state index is 0.142. The maximum absolute atomic E-state index is 12.3. The second-order valence-electron chi connectivity index (χ2n) is 5.71. The Bertz CT molecular complexity index is 854. The smallest absolute Gasteiger partial charge is 0.264 e. The Hall–Kier alpha value is -1.90. The van der Waals surface area contributed by atoms with E-state index in [1.807, 2.05) is 0 Å². The van der Waals surface area contributed by atoms with Crippen LogP contribution < -0.4 is 5.32 Å². The maximum Gasteiger partial charge on any atom is 0.264 e. The number of amides is 3. The molecule has 2 rings (SSSR count). The standard InChI is InChI=1S/C17H17BrClN3O3S/c1-21(2)16(24)10-4-5-11(19)12(8-10)20-15(23)9-22(3)17(25)13-6-7-14(18)26-13/h4-8H,9H2,1-3H3,(H,20,23). The average Bonchev–Trinajstić information content (AvgIpc) is 3.01. The highest BCUT2D eigenvalue weighted by molar-refractivity contribution is 9.11. The van der Waals surface area contributed by atoms with E-state index in [2.05, 4.69) is 21.2 Å². The first-order valence-corrected chi connectivity index (χ1v) is 9.49. The Kier molecular flexibility index (Phi) is 6.80. The first-order chi connectivity index (χ1) is 12.2. The number of anilines is 1. The number of halogens is 2. The molecule has 0 radical (unpaired) electrons. The maximum atomic E-state index is 12.3. The SMILES string of the molecule is CN(C)C(=O)c1ccc(Cl)c(NC(=O)CN(C)C(=O)c2ccc(Br)s2)c1. The van der Waals surface area contributed by atoms with Crippen molar-refractivity contribution in [1.82, 2.24) is 9.80 Å². The van der Waals surface area contributed by atoms with E-state index in [0.29, 0.717) is 21.2 Å². The van der Waals surface area contributed by atoms with Gasteiger partial charge in [-0.05, 0) is 46.3 Å². The van der Waals surface area contributed by atoms with Crippen molar-refractivity contribution in [3.63, 3.8) is 0 Å². The number of likely N-dealkylation sites (N-methyl/N-ethyl adjacent to an activating group) is 1. The molecule has 3 amide bonds. The van der Waals surface area contributed by atoms with Gasteiger partial charge in [0.15, 0.2) is 0 Å². The van der Waals surface area contributed by atoms with Crippen LogP contribution in [-0.4, -0.2) is 55.2 Å². The van der Waals surface area contributed by atoms with E-state index in [9.17, 15) is 14.4 Å². The van der Waals surface area contributed by atoms with Crippen molar-refractivity contribution >= 4 is 62.3 Å². The van der Waals surface area contributed by atoms with Gasteiger partial charge in [0.05, 0.1) is 25.9 Å². The number of carbonyl (C=O) groups excluding carboxylic acids is 3. The minimum Gasteiger partial charge on any atom is -0.345 e. The van der Waals surface area contributed by atoms with E-state index in [4.69, 9.17) is 11.6 Å². The van der Waals surface area contributed by atoms with Gasteiger partial charge in [-0.25, -0.2) is 0 Å². The molecule has 138 valence electrons. The summed E-state index contributed by atoms with van der Waals surface area (Å²) in [6.45, 7) is -0.142. The van der Waals surface area contributed by atoms with Gasteiger partial charge in [-0.2, -0.15) is 0 Å². The number of hydrogen-bond donors (Lipinski definition) is 1. The van der Waals surface area contributed by atoms with Crippen LogP contribution in [-0.2, 0) is 4.79 Å². The van der Waals surface area contributed by atoms with Crippen molar-refractivity contribution in [2.45, 2.75) is 0 Å². The van der Waals surface area contributed by atoms with Crippen molar-refractivity contribution in [2.24, 2.45) is 0 Å². The van der Waals surface area contributed by atoms with Crippen LogP contribution in [0.1, 0.15) is 20.0 Å². The van der Waals surface area contributed by atoms with Gasteiger partial charge in [0, 0.05) is 26.7 Å². The molecule has 0 saturated carbocycles. The second kappa shape index (κ2) is 8.66. The number of hydrogen-bond acceptors (Lipinski definition) is 4. The lowest BCUT2D eigenvalue weighted by Gasteiger charge is -2.17. The second-order valence-corrected chi connectivity index (χ2v) is 8.58. The molecule has 1 N–H and O–H groups in total. The van der Waals surface area contributed by atoms with Crippen molar-refractivity contribution in [3.05, 3.63) is 49.6 Å². The number of nitrogens with zero attached hydrogens (tertiary/aromatic N) is 2. The number of nitrogens with one attached hydrogen (secondary N) is 1. The zero-order valence-corrected chi connectivity index (χ0v) is 17.5. The van der Waals surface area contributed by atoms with Gasteiger partial charge in [-0.1, -0.05) is 11.6 Å². The molecule has 9 heteroatoms. The van der Waals surface area contributed by atoms with Gasteiger partial charge in [0.2, 0.25) is 5.91 Å². The Balaban J connectivity index is 2.06. The molecular formula is C17H17BrClN3O3S. The number of thiophene rings is 1. The van der Waals surface area contributed by atoms with Crippen LogP contribution in [0.4, 0.5) is 5.69 Å². The van der Waals surface area contributed by atoms with Gasteiger partial charge < -0.3 is 15.1 Å². The van der Waals surface area contributed by atoms with Crippen molar-refractivity contribution in [2.75, 3.05) is 33.0 Å². The quantitative estimate of drug-likeness (QED) is 0.744. The predicted octanol–water partition coefficient (Wildman–Crippen LogP) is 3.58. The number of rotatable bonds is 5. The molecule has 1 aromatic heterocycles. The molecule has 6 nitrogen and oxygen atoms in total. The molecule has 1 aromatic carbocycles. The fourth-order valence-electron chi connectivity index (χ4n) is 2.11. The molecule has 26 heavy (non-hydrogen) atoms. The molecule has 0 spiro atoms. The molecule has 0 atom stereocenters. The molecule has 1 heterocycles. The summed E-state index contributed by atoms with van der Waals surface area (Å²) in [6, 6.07) is 8.12. The fraction of sp³-hybridized carbons (Fsp3) is 0.235. The molecule has 0 bridgehead atoms. The molecule has 2 aromatic rings.